The molecule has 188 valence electrons. The molecule has 0 bridgehead atoms. The van der Waals surface area contributed by atoms with Crippen molar-refractivity contribution >= 4 is 12.0 Å². The van der Waals surface area contributed by atoms with E-state index in [4.69, 9.17) is 14.2 Å². The number of nitrogens with one attached hydrogen (secondary N) is 1. The summed E-state index contributed by atoms with van der Waals surface area (Å²) in [5.41, 5.74) is 0.802. The number of hydrogen-bond donors (Lipinski definition) is 2. The van der Waals surface area contributed by atoms with Crippen molar-refractivity contribution in [2.24, 2.45) is 0 Å². The van der Waals surface area contributed by atoms with Crippen molar-refractivity contribution in [2.75, 3.05) is 39.5 Å². The normalized spacial score (nSPS) is 12.5. The first-order chi connectivity index (χ1) is 15.5. The Kier molecular flexibility index (Phi) is 12.7. The smallest absolute Gasteiger partial charge is 0.333 e. The Balaban J connectivity index is 2.53. The van der Waals surface area contributed by atoms with Gasteiger partial charge in [-0.3, -0.25) is 0 Å². The molecule has 2 N–H and O–H groups in total. The largest absolute Gasteiger partial charge is 0.492 e. The van der Waals surface area contributed by atoms with Crippen LogP contribution in [0.2, 0.25) is 0 Å². The Bertz CT molecular complexity index is 710. The number of aliphatic carboxylic acids is 1. The lowest BCUT2D eigenvalue weighted by Gasteiger charge is -2.24. The maximum atomic E-state index is 12.9. The predicted octanol–water partition coefficient (Wildman–Crippen LogP) is 3.58. The van der Waals surface area contributed by atoms with Crippen molar-refractivity contribution in [1.29, 1.82) is 0 Å². The summed E-state index contributed by atoms with van der Waals surface area (Å²) in [4.78, 5) is 25.1. The van der Waals surface area contributed by atoms with Gasteiger partial charge in [-0.1, -0.05) is 12.1 Å². The van der Waals surface area contributed by atoms with Crippen LogP contribution in [-0.4, -0.2) is 79.6 Å². The van der Waals surface area contributed by atoms with Crippen LogP contribution in [0.4, 0.5) is 13.6 Å². The van der Waals surface area contributed by atoms with E-state index in [0.29, 0.717) is 12.4 Å². The second-order valence-electron chi connectivity index (χ2n) is 8.00. The first kappa shape index (κ1) is 28.6. The third-order valence-electron chi connectivity index (χ3n) is 4.51. The molecular formula is C23H36F2N2O6. The van der Waals surface area contributed by atoms with Gasteiger partial charge in [0.1, 0.15) is 12.4 Å². The van der Waals surface area contributed by atoms with E-state index in [2.05, 4.69) is 5.32 Å². The van der Waals surface area contributed by atoms with Gasteiger partial charge in [-0.25, -0.2) is 18.4 Å². The number of amides is 2. The van der Waals surface area contributed by atoms with E-state index in [1.54, 1.807) is 31.2 Å². The second-order valence-corrected chi connectivity index (χ2v) is 8.00. The number of carboxylic acid groups (broad SMARTS) is 1. The molecule has 0 radical (unpaired) electrons. The standard InChI is InChI=1S/C23H36F2N2O6/c1-5-32-20(21(28)29)16-18-6-8-19(9-7-18)33-15-12-27(22(30)26-17(2)3)11-14-31-13-10-23(4,24)25/h6-9,17,20H,5,10-16H2,1-4H3,(H,26,30)(H,28,29). The van der Waals surface area contributed by atoms with Crippen molar-refractivity contribution < 1.29 is 37.7 Å². The third-order valence-corrected chi connectivity index (χ3v) is 4.51. The number of carboxylic acids is 1. The molecule has 0 aliphatic heterocycles. The van der Waals surface area contributed by atoms with Crippen LogP contribution in [0.3, 0.4) is 0 Å². The molecule has 1 unspecified atom stereocenters. The van der Waals surface area contributed by atoms with E-state index < -0.39 is 18.0 Å². The van der Waals surface area contributed by atoms with Gasteiger partial charge >= 0.3 is 12.0 Å². The lowest BCUT2D eigenvalue weighted by molar-refractivity contribution is -0.149. The zero-order valence-corrected chi connectivity index (χ0v) is 19.8. The maximum absolute atomic E-state index is 12.9. The molecule has 8 nitrogen and oxygen atoms in total. The fourth-order valence-corrected chi connectivity index (χ4v) is 2.81. The molecule has 1 aromatic rings. The number of carbonyl (C=O) groups excluding carboxylic acids is 1. The van der Waals surface area contributed by atoms with Gasteiger partial charge in [0, 0.05) is 32.0 Å². The average Bonchev–Trinajstić information content (AvgIpc) is 2.71. The summed E-state index contributed by atoms with van der Waals surface area (Å²) in [6.07, 6.45) is -1.03. The molecule has 0 saturated carbocycles. The summed E-state index contributed by atoms with van der Waals surface area (Å²) in [6, 6.07) is 6.65. The number of halogens is 2. The van der Waals surface area contributed by atoms with Gasteiger partial charge in [-0.15, -0.1) is 0 Å². The molecular weight excluding hydrogens is 438 g/mol. The summed E-state index contributed by atoms with van der Waals surface area (Å²) < 4.78 is 41.9. The summed E-state index contributed by atoms with van der Waals surface area (Å²) in [7, 11) is 0. The molecule has 0 aromatic heterocycles. The van der Waals surface area contributed by atoms with Crippen LogP contribution in [0.15, 0.2) is 24.3 Å². The molecule has 0 aliphatic rings. The molecule has 1 aromatic carbocycles. The number of nitrogens with zero attached hydrogens (tertiary/aromatic N) is 1. The highest BCUT2D eigenvalue weighted by molar-refractivity contribution is 5.74. The van der Waals surface area contributed by atoms with E-state index in [9.17, 15) is 23.5 Å². The Morgan fingerprint density at radius 1 is 1.12 bits per heavy atom. The predicted molar refractivity (Wildman–Crippen MR) is 120 cm³/mol. The molecule has 1 atom stereocenters. The Morgan fingerprint density at radius 2 is 1.76 bits per heavy atom. The van der Waals surface area contributed by atoms with Crippen LogP contribution in [0.25, 0.3) is 0 Å². The Morgan fingerprint density at radius 3 is 2.30 bits per heavy atom. The first-order valence-electron chi connectivity index (χ1n) is 11.1. The van der Waals surface area contributed by atoms with Crippen molar-refractivity contribution in [3.63, 3.8) is 0 Å². The minimum atomic E-state index is -2.78. The first-order valence-corrected chi connectivity index (χ1v) is 11.1. The second kappa shape index (κ2) is 14.6. The van der Waals surface area contributed by atoms with Gasteiger partial charge in [0.05, 0.1) is 19.8 Å². The lowest BCUT2D eigenvalue weighted by atomic mass is 10.1. The fourth-order valence-electron chi connectivity index (χ4n) is 2.81. The summed E-state index contributed by atoms with van der Waals surface area (Å²) >= 11 is 0. The van der Waals surface area contributed by atoms with E-state index in [1.807, 2.05) is 13.8 Å². The zero-order chi connectivity index (χ0) is 24.9. The average molecular weight is 475 g/mol. The van der Waals surface area contributed by atoms with Crippen LogP contribution in [0, 0.1) is 0 Å². The van der Waals surface area contributed by atoms with Gasteiger partial charge < -0.3 is 29.5 Å². The number of carbonyl (C=O) groups is 2. The SMILES string of the molecule is CCOC(Cc1ccc(OCCN(CCOCCC(C)(F)F)C(=O)NC(C)C)cc1)C(=O)O. The van der Waals surface area contributed by atoms with Gasteiger partial charge in [0.2, 0.25) is 5.92 Å². The number of hydrogen-bond acceptors (Lipinski definition) is 5. The van der Waals surface area contributed by atoms with Gasteiger partial charge in [-0.2, -0.15) is 0 Å². The van der Waals surface area contributed by atoms with Crippen molar-refractivity contribution in [3.05, 3.63) is 29.8 Å². The minimum Gasteiger partial charge on any atom is -0.492 e. The van der Waals surface area contributed by atoms with Crippen molar-refractivity contribution in [2.45, 2.75) is 58.6 Å². The van der Waals surface area contributed by atoms with Crippen molar-refractivity contribution in [3.8, 4) is 5.75 Å². The third kappa shape index (κ3) is 13.0. The van der Waals surface area contributed by atoms with Crippen LogP contribution in [-0.2, 0) is 20.7 Å². The quantitative estimate of drug-likeness (QED) is 0.356. The van der Waals surface area contributed by atoms with E-state index in [0.717, 1.165) is 12.5 Å². The highest BCUT2D eigenvalue weighted by Gasteiger charge is 2.21. The zero-order valence-electron chi connectivity index (χ0n) is 19.8. The molecule has 0 spiro atoms. The minimum absolute atomic E-state index is 0.0560. The molecule has 2 amide bonds. The molecule has 0 aliphatic carbocycles. The molecule has 1 rings (SSSR count). The molecule has 0 fully saturated rings. The summed E-state index contributed by atoms with van der Waals surface area (Å²) in [6.45, 7) is 7.37. The van der Waals surface area contributed by atoms with Crippen LogP contribution < -0.4 is 10.1 Å². The van der Waals surface area contributed by atoms with Crippen molar-refractivity contribution in [1.82, 2.24) is 10.2 Å². The van der Waals surface area contributed by atoms with Crippen LogP contribution in [0.5, 0.6) is 5.75 Å². The highest BCUT2D eigenvalue weighted by Crippen LogP contribution is 2.16. The summed E-state index contributed by atoms with van der Waals surface area (Å²) in [5, 5.41) is 12.0. The Hall–Kier alpha value is -2.46. The van der Waals surface area contributed by atoms with Crippen LogP contribution in [0.1, 0.15) is 39.7 Å². The number of urea groups is 1. The van der Waals surface area contributed by atoms with E-state index in [-0.39, 0.29) is 57.8 Å². The molecule has 10 heteroatoms. The molecule has 33 heavy (non-hydrogen) atoms. The maximum Gasteiger partial charge on any atom is 0.333 e. The van der Waals surface area contributed by atoms with Gasteiger partial charge in [-0.05, 0) is 45.4 Å². The molecule has 0 heterocycles. The monoisotopic (exact) mass is 474 g/mol. The van der Waals surface area contributed by atoms with Gasteiger partial charge in [0.15, 0.2) is 6.10 Å². The Labute approximate surface area is 194 Å². The van der Waals surface area contributed by atoms with E-state index >= 15 is 0 Å². The number of alkyl halides is 2. The fraction of sp³-hybridized carbons (Fsp3) is 0.652. The lowest BCUT2D eigenvalue weighted by Crippen LogP contribution is -2.46. The molecule has 0 saturated heterocycles. The van der Waals surface area contributed by atoms with Gasteiger partial charge in [0.25, 0.3) is 0 Å². The highest BCUT2D eigenvalue weighted by atomic mass is 19.3. The summed E-state index contributed by atoms with van der Waals surface area (Å²) in [5.74, 6) is -3.22. The number of rotatable bonds is 16. The topological polar surface area (TPSA) is 97.3 Å². The number of benzene rings is 1. The number of ether oxygens (including phenoxy) is 3. The van der Waals surface area contributed by atoms with E-state index in [1.165, 1.54) is 4.90 Å². The van der Waals surface area contributed by atoms with Crippen LogP contribution >= 0.6 is 0 Å².